The highest BCUT2D eigenvalue weighted by atomic mass is 16.6. The van der Waals surface area contributed by atoms with Gasteiger partial charge < -0.3 is 19.0 Å². The summed E-state index contributed by atoms with van der Waals surface area (Å²) in [6.45, 7) is 5.36. The van der Waals surface area contributed by atoms with Gasteiger partial charge in [-0.1, -0.05) is 13.8 Å². The lowest BCUT2D eigenvalue weighted by atomic mass is 10.2. The largest absolute Gasteiger partial charge is 0.463 e. The van der Waals surface area contributed by atoms with Crippen molar-refractivity contribution in [3.8, 4) is 0 Å². The van der Waals surface area contributed by atoms with Crippen LogP contribution in [0.25, 0.3) is 0 Å². The molecule has 116 valence electrons. The van der Waals surface area contributed by atoms with Crippen LogP contribution in [0.1, 0.15) is 46.5 Å². The summed E-state index contributed by atoms with van der Waals surface area (Å²) in [4.78, 5) is 33.0. The third kappa shape index (κ3) is 10.5. The van der Waals surface area contributed by atoms with Gasteiger partial charge in [0, 0.05) is 25.9 Å². The fourth-order valence-corrected chi connectivity index (χ4v) is 1.29. The number of esters is 2. The van der Waals surface area contributed by atoms with Crippen LogP contribution in [-0.2, 0) is 28.6 Å². The molecule has 6 heteroatoms. The first-order valence-electron chi connectivity index (χ1n) is 6.91. The Kier molecular flexibility index (Phi) is 10.6. The highest BCUT2D eigenvalue weighted by Gasteiger charge is 2.14. The predicted molar refractivity (Wildman–Crippen MR) is 72.2 cm³/mol. The van der Waals surface area contributed by atoms with Crippen molar-refractivity contribution in [3.05, 3.63) is 0 Å². The minimum absolute atomic E-state index is 0.0454. The molecule has 0 N–H and O–H groups in total. The standard InChI is InChI=1S/C14H24O6/c1-4-13(16)19-9-12(10-20-14(17)5-2)18-8-6-7-11(3)15/h12H,4-10H2,1-3H3. The van der Waals surface area contributed by atoms with Gasteiger partial charge in [-0.2, -0.15) is 0 Å². The van der Waals surface area contributed by atoms with Crippen LogP contribution in [0.15, 0.2) is 0 Å². The zero-order chi connectivity index (χ0) is 15.4. The Hall–Kier alpha value is -1.43. The first kappa shape index (κ1) is 18.6. The van der Waals surface area contributed by atoms with Crippen molar-refractivity contribution in [1.29, 1.82) is 0 Å². The van der Waals surface area contributed by atoms with Gasteiger partial charge in [-0.15, -0.1) is 0 Å². The van der Waals surface area contributed by atoms with Gasteiger partial charge in [-0.3, -0.25) is 9.59 Å². The zero-order valence-corrected chi connectivity index (χ0v) is 12.5. The monoisotopic (exact) mass is 288 g/mol. The Morgan fingerprint density at radius 3 is 1.85 bits per heavy atom. The summed E-state index contributed by atoms with van der Waals surface area (Å²) in [6.07, 6.45) is 1.11. The number of ketones is 1. The molecule has 0 aromatic carbocycles. The molecule has 0 aromatic heterocycles. The molecule has 0 aliphatic rings. The number of hydrogen-bond donors (Lipinski definition) is 0. The second-order valence-electron chi connectivity index (χ2n) is 4.37. The quantitative estimate of drug-likeness (QED) is 0.425. The summed E-state index contributed by atoms with van der Waals surface area (Å²) in [5.74, 6) is -0.562. The van der Waals surface area contributed by atoms with Gasteiger partial charge in [0.1, 0.15) is 25.1 Å². The molecule has 0 aliphatic heterocycles. The lowest BCUT2D eigenvalue weighted by Crippen LogP contribution is -2.28. The molecule has 0 radical (unpaired) electrons. The zero-order valence-electron chi connectivity index (χ0n) is 12.5. The lowest BCUT2D eigenvalue weighted by molar-refractivity contribution is -0.154. The summed E-state index contributed by atoms with van der Waals surface area (Å²) in [6, 6.07) is 0. The number of hydrogen-bond acceptors (Lipinski definition) is 6. The Morgan fingerprint density at radius 2 is 1.45 bits per heavy atom. The topological polar surface area (TPSA) is 78.9 Å². The molecule has 0 spiro atoms. The highest BCUT2D eigenvalue weighted by Crippen LogP contribution is 2.01. The smallest absolute Gasteiger partial charge is 0.305 e. The van der Waals surface area contributed by atoms with Crippen molar-refractivity contribution in [3.63, 3.8) is 0 Å². The van der Waals surface area contributed by atoms with Crippen LogP contribution in [0.2, 0.25) is 0 Å². The Bertz CT molecular complexity index is 293. The van der Waals surface area contributed by atoms with Crippen LogP contribution in [0.4, 0.5) is 0 Å². The van der Waals surface area contributed by atoms with E-state index >= 15 is 0 Å². The summed E-state index contributed by atoms with van der Waals surface area (Å²) in [5.41, 5.74) is 0. The van der Waals surface area contributed by atoms with Gasteiger partial charge in [0.15, 0.2) is 0 Å². The molecule has 0 unspecified atom stereocenters. The van der Waals surface area contributed by atoms with Gasteiger partial charge in [0.25, 0.3) is 0 Å². The maximum Gasteiger partial charge on any atom is 0.305 e. The van der Waals surface area contributed by atoms with E-state index in [1.165, 1.54) is 6.92 Å². The molecular formula is C14H24O6. The molecule has 0 saturated carbocycles. The van der Waals surface area contributed by atoms with E-state index in [9.17, 15) is 14.4 Å². The number of carbonyl (C=O) groups is 3. The van der Waals surface area contributed by atoms with Crippen molar-refractivity contribution in [2.45, 2.75) is 52.6 Å². The number of rotatable bonds is 11. The Morgan fingerprint density at radius 1 is 0.950 bits per heavy atom. The van der Waals surface area contributed by atoms with Crippen molar-refractivity contribution in [2.75, 3.05) is 19.8 Å². The van der Waals surface area contributed by atoms with Crippen LogP contribution in [-0.4, -0.2) is 43.6 Å². The van der Waals surface area contributed by atoms with Crippen LogP contribution in [0.5, 0.6) is 0 Å². The van der Waals surface area contributed by atoms with Crippen molar-refractivity contribution >= 4 is 17.7 Å². The second-order valence-corrected chi connectivity index (χ2v) is 4.37. The van der Waals surface area contributed by atoms with E-state index < -0.39 is 6.10 Å². The van der Waals surface area contributed by atoms with Gasteiger partial charge in [-0.05, 0) is 13.3 Å². The second kappa shape index (κ2) is 11.4. The van der Waals surface area contributed by atoms with E-state index in [2.05, 4.69) is 0 Å². The fourth-order valence-electron chi connectivity index (χ4n) is 1.29. The minimum Gasteiger partial charge on any atom is -0.463 e. The minimum atomic E-state index is -0.493. The molecule has 0 bridgehead atoms. The Labute approximate surface area is 119 Å². The number of carbonyl (C=O) groups excluding carboxylic acids is 3. The van der Waals surface area contributed by atoms with E-state index in [4.69, 9.17) is 14.2 Å². The first-order chi connectivity index (χ1) is 9.49. The predicted octanol–water partition coefficient (Wildman–Crippen LogP) is 1.65. The molecule has 6 nitrogen and oxygen atoms in total. The average molecular weight is 288 g/mol. The fraction of sp³-hybridized carbons (Fsp3) is 0.786. The third-order valence-corrected chi connectivity index (χ3v) is 2.46. The molecular weight excluding hydrogens is 264 g/mol. The van der Waals surface area contributed by atoms with Crippen LogP contribution in [0.3, 0.4) is 0 Å². The molecule has 0 fully saturated rings. The average Bonchev–Trinajstić information content (AvgIpc) is 2.44. The Balaban J connectivity index is 4.06. The molecule has 0 aliphatic carbocycles. The molecule has 0 rings (SSSR count). The van der Waals surface area contributed by atoms with Crippen LogP contribution in [0, 0.1) is 0 Å². The molecule has 0 heterocycles. The van der Waals surface area contributed by atoms with E-state index in [-0.39, 0.29) is 43.8 Å². The van der Waals surface area contributed by atoms with E-state index in [0.29, 0.717) is 19.4 Å². The van der Waals surface area contributed by atoms with Crippen molar-refractivity contribution in [1.82, 2.24) is 0 Å². The van der Waals surface area contributed by atoms with E-state index in [1.54, 1.807) is 13.8 Å². The van der Waals surface area contributed by atoms with Gasteiger partial charge >= 0.3 is 11.9 Å². The van der Waals surface area contributed by atoms with E-state index in [1.807, 2.05) is 0 Å². The van der Waals surface area contributed by atoms with E-state index in [0.717, 1.165) is 0 Å². The third-order valence-electron chi connectivity index (χ3n) is 2.46. The number of ether oxygens (including phenoxy) is 3. The first-order valence-corrected chi connectivity index (χ1v) is 6.91. The van der Waals surface area contributed by atoms with Gasteiger partial charge in [0.05, 0.1) is 0 Å². The van der Waals surface area contributed by atoms with Crippen LogP contribution >= 0.6 is 0 Å². The maximum absolute atomic E-state index is 11.1. The highest BCUT2D eigenvalue weighted by molar-refractivity contribution is 5.75. The van der Waals surface area contributed by atoms with Crippen molar-refractivity contribution < 1.29 is 28.6 Å². The van der Waals surface area contributed by atoms with Gasteiger partial charge in [-0.25, -0.2) is 0 Å². The molecule has 20 heavy (non-hydrogen) atoms. The lowest BCUT2D eigenvalue weighted by Gasteiger charge is -2.17. The van der Waals surface area contributed by atoms with Gasteiger partial charge in [0.2, 0.25) is 0 Å². The molecule has 0 amide bonds. The SMILES string of the molecule is CCC(=O)OCC(COC(=O)CC)OCCCC(C)=O. The normalized spacial score (nSPS) is 10.4. The summed E-state index contributed by atoms with van der Waals surface area (Å²) in [7, 11) is 0. The summed E-state index contributed by atoms with van der Waals surface area (Å²) < 4.78 is 15.4. The van der Waals surface area contributed by atoms with Crippen molar-refractivity contribution in [2.24, 2.45) is 0 Å². The summed E-state index contributed by atoms with van der Waals surface area (Å²) in [5, 5.41) is 0. The molecule has 0 saturated heterocycles. The van der Waals surface area contributed by atoms with Crippen LogP contribution < -0.4 is 0 Å². The molecule has 0 atom stereocenters. The number of Topliss-reactive ketones (excluding diaryl/α,β-unsaturated/α-hetero) is 1. The molecule has 0 aromatic rings. The maximum atomic E-state index is 11.1. The summed E-state index contributed by atoms with van der Waals surface area (Å²) >= 11 is 0.